The van der Waals surface area contributed by atoms with Gasteiger partial charge in [0, 0.05) is 25.4 Å². The van der Waals surface area contributed by atoms with Crippen molar-refractivity contribution in [3.8, 4) is 0 Å². The fourth-order valence-electron chi connectivity index (χ4n) is 1.69. The number of rotatable bonds is 4. The van der Waals surface area contributed by atoms with Gasteiger partial charge in [0.15, 0.2) is 0 Å². The zero-order valence-corrected chi connectivity index (χ0v) is 10.9. The number of carbonyl (C=O) groups is 1. The highest BCUT2D eigenvalue weighted by atomic mass is 16.4. The molecule has 0 saturated heterocycles. The molecular formula is C13H15N5O2. The predicted molar refractivity (Wildman–Crippen MR) is 74.7 cm³/mol. The van der Waals surface area contributed by atoms with E-state index in [-0.39, 0.29) is 11.7 Å². The number of hydrogen-bond acceptors (Lipinski definition) is 4. The first-order valence-corrected chi connectivity index (χ1v) is 5.94. The minimum absolute atomic E-state index is 0.136. The Morgan fingerprint density at radius 3 is 2.70 bits per heavy atom. The lowest BCUT2D eigenvalue weighted by Crippen LogP contribution is -2.15. The normalized spacial score (nSPS) is 11.3. The molecule has 1 aromatic carbocycles. The zero-order valence-electron chi connectivity index (χ0n) is 10.9. The SMILES string of the molecule is Cn1cc(C(=O)Nc2ccc(CC(N)=NO)cc2)cn1. The molecule has 0 aliphatic heterocycles. The van der Waals surface area contributed by atoms with Crippen LogP contribution in [0.15, 0.2) is 41.8 Å². The average Bonchev–Trinajstić information content (AvgIpc) is 2.87. The van der Waals surface area contributed by atoms with Gasteiger partial charge in [-0.15, -0.1) is 0 Å². The summed E-state index contributed by atoms with van der Waals surface area (Å²) < 4.78 is 1.56. The third-order valence-corrected chi connectivity index (χ3v) is 2.69. The maximum Gasteiger partial charge on any atom is 0.258 e. The molecule has 0 bridgehead atoms. The van der Waals surface area contributed by atoms with E-state index in [1.54, 1.807) is 42.2 Å². The van der Waals surface area contributed by atoms with Crippen molar-refractivity contribution in [2.24, 2.45) is 17.9 Å². The van der Waals surface area contributed by atoms with Gasteiger partial charge >= 0.3 is 0 Å². The first kappa shape index (κ1) is 13.6. The lowest BCUT2D eigenvalue weighted by atomic mass is 10.1. The van der Waals surface area contributed by atoms with Gasteiger partial charge in [0.1, 0.15) is 5.84 Å². The summed E-state index contributed by atoms with van der Waals surface area (Å²) in [5.74, 6) is -0.0839. The molecular weight excluding hydrogens is 258 g/mol. The number of nitrogens with two attached hydrogens (primary N) is 1. The molecule has 0 spiro atoms. The molecule has 0 saturated carbocycles. The van der Waals surface area contributed by atoms with Crippen molar-refractivity contribution in [1.29, 1.82) is 0 Å². The van der Waals surface area contributed by atoms with E-state index in [0.29, 0.717) is 17.7 Å². The molecule has 2 rings (SSSR count). The number of nitrogens with one attached hydrogen (secondary N) is 1. The van der Waals surface area contributed by atoms with Gasteiger partial charge in [-0.1, -0.05) is 17.3 Å². The fourth-order valence-corrected chi connectivity index (χ4v) is 1.69. The number of hydrogen-bond donors (Lipinski definition) is 3. The van der Waals surface area contributed by atoms with Gasteiger partial charge in [-0.25, -0.2) is 0 Å². The molecule has 0 radical (unpaired) electrons. The monoisotopic (exact) mass is 273 g/mol. The lowest BCUT2D eigenvalue weighted by molar-refractivity contribution is 0.102. The van der Waals surface area contributed by atoms with Crippen LogP contribution in [-0.4, -0.2) is 26.7 Å². The zero-order chi connectivity index (χ0) is 14.5. The molecule has 0 atom stereocenters. The second kappa shape index (κ2) is 5.87. The van der Waals surface area contributed by atoms with Crippen LogP contribution in [-0.2, 0) is 13.5 Å². The van der Waals surface area contributed by atoms with E-state index in [2.05, 4.69) is 15.6 Å². The first-order chi connectivity index (χ1) is 9.58. The number of amidine groups is 1. The van der Waals surface area contributed by atoms with Crippen molar-refractivity contribution in [1.82, 2.24) is 9.78 Å². The minimum atomic E-state index is -0.220. The molecule has 7 nitrogen and oxygen atoms in total. The maximum absolute atomic E-state index is 11.9. The van der Waals surface area contributed by atoms with Gasteiger partial charge in [-0.3, -0.25) is 9.48 Å². The van der Waals surface area contributed by atoms with Gasteiger partial charge in [-0.05, 0) is 17.7 Å². The Bertz CT molecular complexity index is 630. The van der Waals surface area contributed by atoms with Crippen LogP contribution in [0.25, 0.3) is 0 Å². The van der Waals surface area contributed by atoms with Gasteiger partial charge in [-0.2, -0.15) is 5.10 Å². The Balaban J connectivity index is 2.02. The molecule has 4 N–H and O–H groups in total. The van der Waals surface area contributed by atoms with Crippen LogP contribution in [0, 0.1) is 0 Å². The molecule has 2 aromatic rings. The summed E-state index contributed by atoms with van der Waals surface area (Å²) in [6, 6.07) is 7.12. The summed E-state index contributed by atoms with van der Waals surface area (Å²) in [5.41, 5.74) is 7.47. The Labute approximate surface area is 115 Å². The predicted octanol–water partition coefficient (Wildman–Crippen LogP) is 0.961. The Hall–Kier alpha value is -2.83. The Morgan fingerprint density at radius 2 is 2.15 bits per heavy atom. The van der Waals surface area contributed by atoms with E-state index in [9.17, 15) is 4.79 Å². The molecule has 0 unspecified atom stereocenters. The summed E-state index contributed by atoms with van der Waals surface area (Å²) in [6.07, 6.45) is 3.50. The topological polar surface area (TPSA) is 106 Å². The molecule has 1 heterocycles. The van der Waals surface area contributed by atoms with Crippen LogP contribution < -0.4 is 11.1 Å². The summed E-state index contributed by atoms with van der Waals surface area (Å²) in [7, 11) is 1.75. The summed E-state index contributed by atoms with van der Waals surface area (Å²) >= 11 is 0. The van der Waals surface area contributed by atoms with Crippen molar-refractivity contribution in [2.45, 2.75) is 6.42 Å². The summed E-state index contributed by atoms with van der Waals surface area (Å²) in [6.45, 7) is 0. The number of amides is 1. The van der Waals surface area contributed by atoms with Crippen molar-refractivity contribution >= 4 is 17.4 Å². The van der Waals surface area contributed by atoms with Crippen molar-refractivity contribution < 1.29 is 10.0 Å². The highest BCUT2D eigenvalue weighted by Gasteiger charge is 2.08. The lowest BCUT2D eigenvalue weighted by Gasteiger charge is -2.05. The van der Waals surface area contributed by atoms with E-state index >= 15 is 0 Å². The second-order valence-corrected chi connectivity index (χ2v) is 4.32. The Kier molecular flexibility index (Phi) is 3.99. The van der Waals surface area contributed by atoms with Gasteiger partial charge in [0.25, 0.3) is 5.91 Å². The molecule has 0 aliphatic rings. The molecule has 1 aromatic heterocycles. The minimum Gasteiger partial charge on any atom is -0.409 e. The average molecular weight is 273 g/mol. The number of carbonyl (C=O) groups excluding carboxylic acids is 1. The van der Waals surface area contributed by atoms with Crippen molar-refractivity contribution in [2.75, 3.05) is 5.32 Å². The first-order valence-electron chi connectivity index (χ1n) is 5.94. The highest BCUT2D eigenvalue weighted by molar-refractivity contribution is 6.03. The standard InChI is InChI=1S/C13H15N5O2/c1-18-8-10(7-15-18)13(19)16-11-4-2-9(3-5-11)6-12(14)17-20/h2-5,7-8,20H,6H2,1H3,(H2,14,17)(H,16,19). The van der Waals surface area contributed by atoms with E-state index in [1.165, 1.54) is 6.20 Å². The number of aryl methyl sites for hydroxylation is 1. The van der Waals surface area contributed by atoms with E-state index < -0.39 is 0 Å². The maximum atomic E-state index is 11.9. The van der Waals surface area contributed by atoms with Crippen molar-refractivity contribution in [3.63, 3.8) is 0 Å². The molecule has 1 amide bonds. The van der Waals surface area contributed by atoms with E-state index in [0.717, 1.165) is 5.56 Å². The van der Waals surface area contributed by atoms with Crippen molar-refractivity contribution in [3.05, 3.63) is 47.8 Å². The van der Waals surface area contributed by atoms with Gasteiger partial charge < -0.3 is 16.3 Å². The number of benzene rings is 1. The van der Waals surface area contributed by atoms with Gasteiger partial charge in [0.2, 0.25) is 0 Å². The van der Waals surface area contributed by atoms with Crippen LogP contribution in [0.5, 0.6) is 0 Å². The molecule has 0 fully saturated rings. The van der Waals surface area contributed by atoms with Crippen LogP contribution in [0.4, 0.5) is 5.69 Å². The van der Waals surface area contributed by atoms with Crippen LogP contribution in [0.3, 0.4) is 0 Å². The quantitative estimate of drug-likeness (QED) is 0.334. The smallest absolute Gasteiger partial charge is 0.258 e. The summed E-state index contributed by atoms with van der Waals surface area (Å²) in [4.78, 5) is 11.9. The van der Waals surface area contributed by atoms with Crippen LogP contribution >= 0.6 is 0 Å². The third kappa shape index (κ3) is 3.35. The number of oxime groups is 1. The van der Waals surface area contributed by atoms with Gasteiger partial charge in [0.05, 0.1) is 11.8 Å². The number of nitrogens with zero attached hydrogens (tertiary/aromatic N) is 3. The molecule has 20 heavy (non-hydrogen) atoms. The highest BCUT2D eigenvalue weighted by Crippen LogP contribution is 2.11. The summed E-state index contributed by atoms with van der Waals surface area (Å²) in [5, 5.41) is 18.1. The molecule has 104 valence electrons. The largest absolute Gasteiger partial charge is 0.409 e. The second-order valence-electron chi connectivity index (χ2n) is 4.32. The molecule has 0 aliphatic carbocycles. The number of aromatic nitrogens is 2. The van der Waals surface area contributed by atoms with Crippen LogP contribution in [0.1, 0.15) is 15.9 Å². The van der Waals surface area contributed by atoms with Crippen LogP contribution in [0.2, 0.25) is 0 Å². The fraction of sp³-hybridized carbons (Fsp3) is 0.154. The van der Waals surface area contributed by atoms with E-state index in [1.807, 2.05) is 0 Å². The van der Waals surface area contributed by atoms with E-state index in [4.69, 9.17) is 10.9 Å². The Morgan fingerprint density at radius 1 is 1.45 bits per heavy atom. The third-order valence-electron chi connectivity index (χ3n) is 2.69. The molecule has 7 heteroatoms. The number of anilines is 1.